The fourth-order valence-corrected chi connectivity index (χ4v) is 1.98. The molecular weight excluding hydrogens is 194 g/mol. The van der Waals surface area contributed by atoms with Crippen LogP contribution in [0.2, 0.25) is 0 Å². The molecule has 1 heterocycles. The van der Waals surface area contributed by atoms with Crippen LogP contribution in [0, 0.1) is 5.92 Å². The molecule has 0 atom stereocenters. The van der Waals surface area contributed by atoms with Crippen molar-refractivity contribution in [2.75, 3.05) is 6.54 Å². The minimum atomic E-state index is -0.410. The molecule has 5 heteroatoms. The summed E-state index contributed by atoms with van der Waals surface area (Å²) in [7, 11) is 0. The highest BCUT2D eigenvalue weighted by atomic mass is 16.2. The Morgan fingerprint density at radius 3 is 2.60 bits per heavy atom. The predicted molar refractivity (Wildman–Crippen MR) is 55.3 cm³/mol. The first-order chi connectivity index (χ1) is 7.25. The van der Waals surface area contributed by atoms with Crippen molar-refractivity contribution in [2.45, 2.75) is 32.1 Å². The standard InChI is InChI=1S/C10H15N3O2/c14-9-7-13(10(15)12-9)11-6-8-4-2-1-3-5-8/h6,8H,1-5,7H2,(H,12,14,15). The lowest BCUT2D eigenvalue weighted by Gasteiger charge is -2.17. The molecular formula is C10H15N3O2. The van der Waals surface area contributed by atoms with E-state index in [0.29, 0.717) is 5.92 Å². The molecule has 2 aliphatic rings. The molecule has 0 spiro atoms. The van der Waals surface area contributed by atoms with Gasteiger partial charge in [-0.05, 0) is 18.8 Å². The van der Waals surface area contributed by atoms with Gasteiger partial charge in [-0.15, -0.1) is 0 Å². The number of urea groups is 1. The normalized spacial score (nSPS) is 23.9. The summed E-state index contributed by atoms with van der Waals surface area (Å²) >= 11 is 0. The lowest BCUT2D eigenvalue weighted by atomic mass is 9.90. The second kappa shape index (κ2) is 4.42. The third kappa shape index (κ3) is 2.55. The molecule has 0 aromatic heterocycles. The minimum absolute atomic E-state index is 0.0576. The number of carbonyl (C=O) groups is 2. The van der Waals surface area contributed by atoms with Gasteiger partial charge in [0.05, 0.1) is 0 Å². The number of hydrogen-bond acceptors (Lipinski definition) is 3. The fourth-order valence-electron chi connectivity index (χ4n) is 1.98. The molecule has 0 unspecified atom stereocenters. The van der Waals surface area contributed by atoms with Crippen LogP contribution in [0.1, 0.15) is 32.1 Å². The van der Waals surface area contributed by atoms with E-state index in [1.165, 1.54) is 24.3 Å². The Morgan fingerprint density at radius 2 is 2.00 bits per heavy atom. The number of amides is 3. The third-order valence-corrected chi connectivity index (χ3v) is 2.84. The average molecular weight is 209 g/mol. The van der Waals surface area contributed by atoms with Gasteiger partial charge in [0.25, 0.3) is 0 Å². The Labute approximate surface area is 88.5 Å². The Balaban J connectivity index is 1.87. The maximum atomic E-state index is 11.1. The Bertz CT molecular complexity index is 295. The summed E-state index contributed by atoms with van der Waals surface area (Å²) in [5, 5.41) is 7.43. The summed E-state index contributed by atoms with van der Waals surface area (Å²) in [4.78, 5) is 22.0. The van der Waals surface area contributed by atoms with Crippen LogP contribution in [-0.4, -0.2) is 29.7 Å². The summed E-state index contributed by atoms with van der Waals surface area (Å²) in [5.41, 5.74) is 0. The molecule has 15 heavy (non-hydrogen) atoms. The van der Waals surface area contributed by atoms with Gasteiger partial charge in [0.15, 0.2) is 0 Å². The molecule has 0 aromatic rings. The summed E-state index contributed by atoms with van der Waals surface area (Å²) in [6.07, 6.45) is 7.88. The van der Waals surface area contributed by atoms with E-state index >= 15 is 0 Å². The van der Waals surface area contributed by atoms with Crippen LogP contribution in [0.15, 0.2) is 5.10 Å². The molecule has 1 saturated heterocycles. The highest BCUT2D eigenvalue weighted by molar-refractivity contribution is 6.01. The largest absolute Gasteiger partial charge is 0.344 e. The SMILES string of the molecule is O=C1CN(N=CC2CCCCC2)C(=O)N1. The Kier molecular flexibility index (Phi) is 2.99. The van der Waals surface area contributed by atoms with Crippen molar-refractivity contribution in [2.24, 2.45) is 11.0 Å². The Morgan fingerprint density at radius 1 is 1.27 bits per heavy atom. The van der Waals surface area contributed by atoms with Gasteiger partial charge >= 0.3 is 6.03 Å². The molecule has 5 nitrogen and oxygen atoms in total. The lowest BCUT2D eigenvalue weighted by Crippen LogP contribution is -2.24. The Hall–Kier alpha value is -1.39. The third-order valence-electron chi connectivity index (χ3n) is 2.84. The van der Waals surface area contributed by atoms with Gasteiger partial charge in [0, 0.05) is 6.21 Å². The first kappa shape index (κ1) is 10.1. The van der Waals surface area contributed by atoms with Crippen molar-refractivity contribution in [3.63, 3.8) is 0 Å². The zero-order valence-electron chi connectivity index (χ0n) is 8.61. The number of nitrogens with one attached hydrogen (secondary N) is 1. The van der Waals surface area contributed by atoms with Crippen molar-refractivity contribution in [3.8, 4) is 0 Å². The molecule has 0 bridgehead atoms. The second-order valence-corrected chi connectivity index (χ2v) is 4.07. The predicted octanol–water partition coefficient (Wildman–Crippen LogP) is 1.10. The average Bonchev–Trinajstić information content (AvgIpc) is 2.56. The van der Waals surface area contributed by atoms with E-state index in [4.69, 9.17) is 0 Å². The number of hydrogen-bond donors (Lipinski definition) is 1. The number of hydrazone groups is 1. The van der Waals surface area contributed by atoms with Crippen LogP contribution in [0.5, 0.6) is 0 Å². The number of rotatable bonds is 2. The summed E-state index contributed by atoms with van der Waals surface area (Å²) in [5.74, 6) is 0.197. The maximum absolute atomic E-state index is 11.1. The smallest absolute Gasteiger partial charge is 0.275 e. The summed E-state index contributed by atoms with van der Waals surface area (Å²) in [6.45, 7) is 0.0576. The number of imide groups is 1. The number of nitrogens with zero attached hydrogens (tertiary/aromatic N) is 2. The first-order valence-corrected chi connectivity index (χ1v) is 5.41. The summed E-state index contributed by atoms with van der Waals surface area (Å²) < 4.78 is 0. The summed E-state index contributed by atoms with van der Waals surface area (Å²) in [6, 6.07) is -0.410. The van der Waals surface area contributed by atoms with E-state index in [0.717, 1.165) is 12.8 Å². The van der Waals surface area contributed by atoms with Gasteiger partial charge in [0.1, 0.15) is 6.54 Å². The van der Waals surface area contributed by atoms with Gasteiger partial charge in [0.2, 0.25) is 5.91 Å². The molecule has 1 aliphatic carbocycles. The number of carbonyl (C=O) groups excluding carboxylic acids is 2. The quantitative estimate of drug-likeness (QED) is 0.547. The van der Waals surface area contributed by atoms with E-state index in [9.17, 15) is 9.59 Å². The zero-order valence-corrected chi connectivity index (χ0v) is 8.61. The van der Waals surface area contributed by atoms with Crippen LogP contribution >= 0.6 is 0 Å². The molecule has 0 aromatic carbocycles. The van der Waals surface area contributed by atoms with Gasteiger partial charge in [-0.2, -0.15) is 5.10 Å². The van der Waals surface area contributed by atoms with E-state index < -0.39 is 6.03 Å². The van der Waals surface area contributed by atoms with Crippen LogP contribution in [0.25, 0.3) is 0 Å². The van der Waals surface area contributed by atoms with Gasteiger partial charge < -0.3 is 0 Å². The van der Waals surface area contributed by atoms with Crippen molar-refractivity contribution >= 4 is 18.2 Å². The van der Waals surface area contributed by atoms with Crippen molar-refractivity contribution < 1.29 is 9.59 Å². The van der Waals surface area contributed by atoms with E-state index in [1.54, 1.807) is 0 Å². The maximum Gasteiger partial charge on any atom is 0.344 e. The molecule has 3 amide bonds. The molecule has 1 aliphatic heterocycles. The molecule has 1 N–H and O–H groups in total. The van der Waals surface area contributed by atoms with Gasteiger partial charge in [-0.3, -0.25) is 10.1 Å². The van der Waals surface area contributed by atoms with Crippen molar-refractivity contribution in [3.05, 3.63) is 0 Å². The van der Waals surface area contributed by atoms with Crippen LogP contribution in [0.3, 0.4) is 0 Å². The van der Waals surface area contributed by atoms with Crippen molar-refractivity contribution in [1.82, 2.24) is 10.3 Å². The zero-order chi connectivity index (χ0) is 10.7. The van der Waals surface area contributed by atoms with Crippen LogP contribution in [0.4, 0.5) is 4.79 Å². The monoisotopic (exact) mass is 209 g/mol. The molecule has 2 fully saturated rings. The molecule has 1 saturated carbocycles. The van der Waals surface area contributed by atoms with Gasteiger partial charge in [-0.1, -0.05) is 19.3 Å². The first-order valence-electron chi connectivity index (χ1n) is 5.41. The fraction of sp³-hybridized carbons (Fsp3) is 0.700. The van der Waals surface area contributed by atoms with E-state index in [1.807, 2.05) is 6.21 Å². The molecule has 0 radical (unpaired) electrons. The lowest BCUT2D eigenvalue weighted by molar-refractivity contribution is -0.118. The molecule has 2 rings (SSSR count). The van der Waals surface area contributed by atoms with E-state index in [-0.39, 0.29) is 12.5 Å². The topological polar surface area (TPSA) is 61.8 Å². The van der Waals surface area contributed by atoms with Crippen molar-refractivity contribution in [1.29, 1.82) is 0 Å². The van der Waals surface area contributed by atoms with Crippen LogP contribution in [-0.2, 0) is 4.79 Å². The second-order valence-electron chi connectivity index (χ2n) is 4.07. The van der Waals surface area contributed by atoms with Crippen LogP contribution < -0.4 is 5.32 Å². The highest BCUT2D eigenvalue weighted by Crippen LogP contribution is 2.22. The van der Waals surface area contributed by atoms with E-state index in [2.05, 4.69) is 10.4 Å². The van der Waals surface area contributed by atoms with Gasteiger partial charge in [-0.25, -0.2) is 9.80 Å². The molecule has 82 valence electrons. The highest BCUT2D eigenvalue weighted by Gasteiger charge is 2.26. The minimum Gasteiger partial charge on any atom is -0.275 e.